The summed E-state index contributed by atoms with van der Waals surface area (Å²) in [6, 6.07) is 16.5. The third kappa shape index (κ3) is 4.37. The molecule has 2 aromatic heterocycles. The van der Waals surface area contributed by atoms with Gasteiger partial charge >= 0.3 is 6.03 Å². The minimum Gasteiger partial charge on any atom is -0.332 e. The molecule has 4 aromatic rings. The summed E-state index contributed by atoms with van der Waals surface area (Å²) in [5, 5.41) is 10.7. The standard InChI is InChI=1S/C21H19N5O2S2/c1-13-6-3-4-9-17(13)19-25-26-18(27)11-15(24-21(26)30-19)12-22-20(28)23-14-7-5-8-16(10-14)29-2/h3-11H,12H2,1-2H3,(H2,22,23,28). The number of hydrogen-bond acceptors (Lipinski definition) is 6. The highest BCUT2D eigenvalue weighted by molar-refractivity contribution is 7.98. The van der Waals surface area contributed by atoms with Gasteiger partial charge in [-0.2, -0.15) is 9.61 Å². The number of thioether (sulfide) groups is 1. The van der Waals surface area contributed by atoms with Crippen molar-refractivity contribution in [1.29, 1.82) is 0 Å². The van der Waals surface area contributed by atoms with E-state index in [4.69, 9.17) is 0 Å². The van der Waals surface area contributed by atoms with E-state index >= 15 is 0 Å². The van der Waals surface area contributed by atoms with E-state index in [-0.39, 0.29) is 18.1 Å². The molecule has 0 unspecified atom stereocenters. The molecular weight excluding hydrogens is 418 g/mol. The molecule has 0 saturated heterocycles. The topological polar surface area (TPSA) is 88.4 Å². The van der Waals surface area contributed by atoms with E-state index in [1.165, 1.54) is 21.9 Å². The van der Waals surface area contributed by atoms with Crippen LogP contribution in [0, 0.1) is 6.92 Å². The minimum atomic E-state index is -0.361. The Balaban J connectivity index is 1.50. The van der Waals surface area contributed by atoms with Crippen LogP contribution in [-0.4, -0.2) is 26.9 Å². The first kappa shape index (κ1) is 20.1. The van der Waals surface area contributed by atoms with E-state index in [1.807, 2.05) is 61.7 Å². The maximum Gasteiger partial charge on any atom is 0.319 e. The molecule has 0 atom stereocenters. The smallest absolute Gasteiger partial charge is 0.319 e. The summed E-state index contributed by atoms with van der Waals surface area (Å²) in [6.45, 7) is 2.14. The number of nitrogens with one attached hydrogen (secondary N) is 2. The number of hydrogen-bond donors (Lipinski definition) is 2. The van der Waals surface area contributed by atoms with E-state index in [2.05, 4.69) is 20.7 Å². The van der Waals surface area contributed by atoms with E-state index < -0.39 is 0 Å². The van der Waals surface area contributed by atoms with Gasteiger partial charge in [0.1, 0.15) is 5.01 Å². The molecule has 0 saturated carbocycles. The highest BCUT2D eigenvalue weighted by atomic mass is 32.2. The monoisotopic (exact) mass is 437 g/mol. The number of urea groups is 1. The van der Waals surface area contributed by atoms with Gasteiger partial charge < -0.3 is 10.6 Å². The molecule has 9 heteroatoms. The third-order valence-electron chi connectivity index (χ3n) is 4.43. The molecule has 0 spiro atoms. The number of amides is 2. The molecule has 0 aliphatic rings. The van der Waals surface area contributed by atoms with E-state index in [1.54, 1.807) is 11.8 Å². The van der Waals surface area contributed by atoms with Crippen molar-refractivity contribution in [3.63, 3.8) is 0 Å². The average molecular weight is 438 g/mol. The number of aromatic nitrogens is 3. The Morgan fingerprint density at radius 3 is 2.80 bits per heavy atom. The zero-order chi connectivity index (χ0) is 21.1. The van der Waals surface area contributed by atoms with Gasteiger partial charge in [-0.3, -0.25) is 4.79 Å². The average Bonchev–Trinajstić information content (AvgIpc) is 3.17. The van der Waals surface area contributed by atoms with Gasteiger partial charge in [-0.15, -0.1) is 11.8 Å². The molecule has 0 fully saturated rings. The van der Waals surface area contributed by atoms with Gasteiger partial charge in [-0.25, -0.2) is 9.78 Å². The second kappa shape index (κ2) is 8.68. The van der Waals surface area contributed by atoms with Crippen LogP contribution in [0.5, 0.6) is 0 Å². The van der Waals surface area contributed by atoms with Crippen LogP contribution in [0.15, 0.2) is 64.3 Å². The summed E-state index contributed by atoms with van der Waals surface area (Å²) >= 11 is 2.94. The van der Waals surface area contributed by atoms with Crippen molar-refractivity contribution in [3.05, 3.63) is 76.2 Å². The molecule has 4 rings (SSSR count). The highest BCUT2D eigenvalue weighted by Crippen LogP contribution is 2.27. The van der Waals surface area contributed by atoms with Crippen LogP contribution in [0.1, 0.15) is 11.3 Å². The number of nitrogens with zero attached hydrogens (tertiary/aromatic N) is 3. The third-order valence-corrected chi connectivity index (χ3v) is 6.10. The Morgan fingerprint density at radius 1 is 1.17 bits per heavy atom. The lowest BCUT2D eigenvalue weighted by Crippen LogP contribution is -2.29. The lowest BCUT2D eigenvalue weighted by molar-refractivity contribution is 0.251. The molecular formula is C21H19N5O2S2. The molecule has 2 amide bonds. The van der Waals surface area contributed by atoms with Gasteiger partial charge in [-0.1, -0.05) is 41.7 Å². The second-order valence-corrected chi connectivity index (χ2v) is 8.38. The van der Waals surface area contributed by atoms with Crippen LogP contribution in [0.2, 0.25) is 0 Å². The van der Waals surface area contributed by atoms with Gasteiger partial charge in [0.25, 0.3) is 5.56 Å². The summed E-state index contributed by atoms with van der Waals surface area (Å²) in [4.78, 5) is 30.7. The van der Waals surface area contributed by atoms with E-state index in [0.29, 0.717) is 16.3 Å². The number of carbonyl (C=O) groups excluding carboxylic acids is 1. The van der Waals surface area contributed by atoms with Crippen molar-refractivity contribution < 1.29 is 4.79 Å². The molecule has 2 heterocycles. The van der Waals surface area contributed by atoms with Crippen molar-refractivity contribution in [2.24, 2.45) is 0 Å². The number of benzene rings is 2. The molecule has 2 N–H and O–H groups in total. The fourth-order valence-electron chi connectivity index (χ4n) is 2.92. The van der Waals surface area contributed by atoms with Crippen LogP contribution >= 0.6 is 23.1 Å². The van der Waals surface area contributed by atoms with Crippen LogP contribution in [0.3, 0.4) is 0 Å². The van der Waals surface area contributed by atoms with Crippen LogP contribution in [-0.2, 0) is 6.54 Å². The first-order valence-electron chi connectivity index (χ1n) is 9.18. The predicted molar refractivity (Wildman–Crippen MR) is 121 cm³/mol. The normalized spacial score (nSPS) is 10.9. The van der Waals surface area contributed by atoms with Gasteiger partial charge in [0.05, 0.1) is 12.2 Å². The number of rotatable bonds is 5. The number of anilines is 1. The zero-order valence-corrected chi connectivity index (χ0v) is 18.0. The maximum absolute atomic E-state index is 12.5. The summed E-state index contributed by atoms with van der Waals surface area (Å²) < 4.78 is 1.30. The van der Waals surface area contributed by atoms with Gasteiger partial charge in [-0.05, 0) is 36.9 Å². The lowest BCUT2D eigenvalue weighted by Gasteiger charge is -2.08. The van der Waals surface area contributed by atoms with Gasteiger partial charge in [0, 0.05) is 22.2 Å². The van der Waals surface area contributed by atoms with Crippen molar-refractivity contribution in [1.82, 2.24) is 19.9 Å². The molecule has 0 aliphatic carbocycles. The molecule has 0 radical (unpaired) electrons. The van der Waals surface area contributed by atoms with Crippen LogP contribution in [0.4, 0.5) is 10.5 Å². The Labute approximate surface area is 181 Å². The lowest BCUT2D eigenvalue weighted by atomic mass is 10.1. The second-order valence-electron chi connectivity index (χ2n) is 6.54. The predicted octanol–water partition coefficient (Wildman–Crippen LogP) is 4.17. The fourth-order valence-corrected chi connectivity index (χ4v) is 4.39. The molecule has 152 valence electrons. The van der Waals surface area contributed by atoms with Crippen molar-refractivity contribution in [2.75, 3.05) is 11.6 Å². The number of carbonyl (C=O) groups is 1. The van der Waals surface area contributed by atoms with Crippen molar-refractivity contribution in [3.8, 4) is 10.6 Å². The molecule has 0 bridgehead atoms. The maximum atomic E-state index is 12.5. The summed E-state index contributed by atoms with van der Waals surface area (Å²) in [5.41, 5.74) is 2.95. The SMILES string of the molecule is CSc1cccc(NC(=O)NCc2cc(=O)n3nc(-c4ccccc4C)sc3n2)c1. The van der Waals surface area contributed by atoms with Crippen molar-refractivity contribution >= 4 is 39.8 Å². The molecule has 0 aliphatic heterocycles. The molecule has 7 nitrogen and oxygen atoms in total. The first-order valence-corrected chi connectivity index (χ1v) is 11.2. The highest BCUT2D eigenvalue weighted by Gasteiger charge is 2.12. The Kier molecular flexibility index (Phi) is 5.82. The Bertz CT molecular complexity index is 1280. The molecule has 30 heavy (non-hydrogen) atoms. The summed E-state index contributed by atoms with van der Waals surface area (Å²) in [5.74, 6) is 0. The quantitative estimate of drug-likeness (QED) is 0.458. The Hall–Kier alpha value is -3.17. The summed E-state index contributed by atoms with van der Waals surface area (Å²) in [7, 11) is 0. The molecule has 2 aromatic carbocycles. The summed E-state index contributed by atoms with van der Waals surface area (Å²) in [6.07, 6.45) is 1.98. The van der Waals surface area contributed by atoms with Gasteiger partial charge in [0.15, 0.2) is 0 Å². The van der Waals surface area contributed by atoms with E-state index in [9.17, 15) is 9.59 Å². The Morgan fingerprint density at radius 2 is 2.00 bits per heavy atom. The number of fused-ring (bicyclic) bond motifs is 1. The minimum absolute atomic E-state index is 0.136. The zero-order valence-electron chi connectivity index (χ0n) is 16.4. The first-order chi connectivity index (χ1) is 14.5. The van der Waals surface area contributed by atoms with Crippen LogP contribution < -0.4 is 16.2 Å². The fraction of sp³-hybridized carbons (Fsp3) is 0.143. The number of aryl methyl sites for hydroxylation is 1. The van der Waals surface area contributed by atoms with E-state index in [0.717, 1.165) is 21.0 Å². The largest absolute Gasteiger partial charge is 0.332 e. The van der Waals surface area contributed by atoms with Crippen molar-refractivity contribution in [2.45, 2.75) is 18.4 Å². The van der Waals surface area contributed by atoms with Crippen LogP contribution in [0.25, 0.3) is 15.5 Å². The van der Waals surface area contributed by atoms with Gasteiger partial charge in [0.2, 0.25) is 4.96 Å².